The zero-order valence-corrected chi connectivity index (χ0v) is 16.3. The number of carboxylic acids is 1. The molecular formula is C25H25NO3. The van der Waals surface area contributed by atoms with Crippen LogP contribution in [0.25, 0.3) is 0 Å². The van der Waals surface area contributed by atoms with E-state index in [2.05, 4.69) is 17.4 Å². The van der Waals surface area contributed by atoms with Crippen LogP contribution in [-0.2, 0) is 24.1 Å². The average molecular weight is 387 g/mol. The number of rotatable bonds is 9. The van der Waals surface area contributed by atoms with E-state index in [1.165, 1.54) is 11.1 Å². The van der Waals surface area contributed by atoms with Gasteiger partial charge in [0.2, 0.25) is 5.91 Å². The lowest BCUT2D eigenvalue weighted by Gasteiger charge is -2.11. The van der Waals surface area contributed by atoms with Crippen LogP contribution in [0.1, 0.15) is 39.9 Å². The number of aromatic carboxylic acids is 1. The maximum Gasteiger partial charge on any atom is 0.337 e. The Balaban J connectivity index is 1.61. The first-order chi connectivity index (χ1) is 14.1. The van der Waals surface area contributed by atoms with Crippen molar-refractivity contribution in [1.29, 1.82) is 0 Å². The zero-order chi connectivity index (χ0) is 20.5. The van der Waals surface area contributed by atoms with Crippen molar-refractivity contribution in [2.75, 3.05) is 5.32 Å². The lowest BCUT2D eigenvalue weighted by atomic mass is 10.0. The van der Waals surface area contributed by atoms with Gasteiger partial charge in [-0.05, 0) is 54.5 Å². The van der Waals surface area contributed by atoms with Crippen LogP contribution in [-0.4, -0.2) is 17.0 Å². The summed E-state index contributed by atoms with van der Waals surface area (Å²) < 4.78 is 0. The molecule has 0 heterocycles. The topological polar surface area (TPSA) is 66.4 Å². The van der Waals surface area contributed by atoms with Crippen molar-refractivity contribution in [1.82, 2.24) is 0 Å². The predicted molar refractivity (Wildman–Crippen MR) is 115 cm³/mol. The van der Waals surface area contributed by atoms with Crippen molar-refractivity contribution in [3.8, 4) is 0 Å². The van der Waals surface area contributed by atoms with Crippen LogP contribution in [0.15, 0.2) is 78.9 Å². The molecule has 0 unspecified atom stereocenters. The minimum atomic E-state index is -1.04. The van der Waals surface area contributed by atoms with Crippen molar-refractivity contribution in [3.05, 3.63) is 101 Å². The van der Waals surface area contributed by atoms with Crippen LogP contribution in [0.4, 0.5) is 5.69 Å². The number of hydrogen-bond donors (Lipinski definition) is 2. The van der Waals surface area contributed by atoms with Gasteiger partial charge in [-0.25, -0.2) is 4.79 Å². The number of anilines is 1. The molecule has 29 heavy (non-hydrogen) atoms. The first-order valence-electron chi connectivity index (χ1n) is 9.86. The van der Waals surface area contributed by atoms with Crippen LogP contribution in [0, 0.1) is 0 Å². The van der Waals surface area contributed by atoms with E-state index in [1.54, 1.807) is 12.1 Å². The summed E-state index contributed by atoms with van der Waals surface area (Å²) in [5, 5.41) is 12.2. The van der Waals surface area contributed by atoms with E-state index in [4.69, 9.17) is 0 Å². The van der Waals surface area contributed by atoms with E-state index in [0.29, 0.717) is 18.5 Å². The largest absolute Gasteiger partial charge is 0.478 e. The fraction of sp³-hybridized carbons (Fsp3) is 0.200. The summed E-state index contributed by atoms with van der Waals surface area (Å²) in [5.41, 5.74) is 3.90. The molecule has 0 saturated carbocycles. The second-order valence-electron chi connectivity index (χ2n) is 7.06. The Morgan fingerprint density at radius 3 is 1.93 bits per heavy atom. The minimum absolute atomic E-state index is 0.116. The van der Waals surface area contributed by atoms with Crippen LogP contribution in [0.3, 0.4) is 0 Å². The SMILES string of the molecule is O=C(CCCc1ccccc1)Nc1cc(CCc2ccccc2)ccc1C(=O)O. The van der Waals surface area contributed by atoms with E-state index in [9.17, 15) is 14.7 Å². The fourth-order valence-corrected chi connectivity index (χ4v) is 3.28. The number of nitrogens with one attached hydrogen (secondary N) is 1. The Kier molecular flexibility index (Phi) is 7.17. The van der Waals surface area contributed by atoms with Gasteiger partial charge < -0.3 is 10.4 Å². The van der Waals surface area contributed by atoms with Gasteiger partial charge in [-0.2, -0.15) is 0 Å². The summed E-state index contributed by atoms with van der Waals surface area (Å²) in [6.45, 7) is 0. The highest BCUT2D eigenvalue weighted by molar-refractivity contribution is 6.00. The monoisotopic (exact) mass is 387 g/mol. The van der Waals surface area contributed by atoms with Crippen molar-refractivity contribution in [3.63, 3.8) is 0 Å². The molecule has 0 bridgehead atoms. The number of carboxylic acid groups (broad SMARTS) is 1. The van der Waals surface area contributed by atoms with Crippen LogP contribution in [0.5, 0.6) is 0 Å². The fourth-order valence-electron chi connectivity index (χ4n) is 3.28. The van der Waals surface area contributed by atoms with Gasteiger partial charge in [0.05, 0.1) is 11.3 Å². The third-order valence-electron chi connectivity index (χ3n) is 4.85. The molecule has 0 aliphatic carbocycles. The van der Waals surface area contributed by atoms with Gasteiger partial charge in [-0.1, -0.05) is 66.7 Å². The molecule has 4 heteroatoms. The van der Waals surface area contributed by atoms with E-state index in [-0.39, 0.29) is 11.5 Å². The molecule has 148 valence electrons. The lowest BCUT2D eigenvalue weighted by Crippen LogP contribution is -2.15. The highest BCUT2D eigenvalue weighted by Gasteiger charge is 2.13. The van der Waals surface area contributed by atoms with Gasteiger partial charge in [0, 0.05) is 6.42 Å². The van der Waals surface area contributed by atoms with Gasteiger partial charge in [0.15, 0.2) is 0 Å². The van der Waals surface area contributed by atoms with Gasteiger partial charge >= 0.3 is 5.97 Å². The van der Waals surface area contributed by atoms with Crippen LogP contribution in [0.2, 0.25) is 0 Å². The molecule has 3 aromatic rings. The first kappa shape index (κ1) is 20.3. The molecular weight excluding hydrogens is 362 g/mol. The normalized spacial score (nSPS) is 10.5. The van der Waals surface area contributed by atoms with Crippen molar-refractivity contribution in [2.24, 2.45) is 0 Å². The highest BCUT2D eigenvalue weighted by atomic mass is 16.4. The molecule has 0 saturated heterocycles. The summed E-state index contributed by atoms with van der Waals surface area (Å²) in [7, 11) is 0. The number of carbonyl (C=O) groups is 2. The standard InChI is InChI=1S/C25H25NO3/c27-24(13-7-12-19-8-3-1-4-9-19)26-23-18-21(16-17-22(23)25(28)29)15-14-20-10-5-2-6-11-20/h1-6,8-11,16-18H,7,12-15H2,(H,26,27)(H,28,29). The number of benzene rings is 3. The van der Waals surface area contributed by atoms with Gasteiger partial charge in [0.1, 0.15) is 0 Å². The summed E-state index contributed by atoms with van der Waals surface area (Å²) >= 11 is 0. The Bertz CT molecular complexity index is 952. The molecule has 0 aliphatic rings. The van der Waals surface area contributed by atoms with Crippen molar-refractivity contribution in [2.45, 2.75) is 32.1 Å². The molecule has 0 fully saturated rings. The maximum atomic E-state index is 12.4. The Morgan fingerprint density at radius 1 is 0.724 bits per heavy atom. The number of aryl methyl sites for hydroxylation is 3. The van der Waals surface area contributed by atoms with E-state index >= 15 is 0 Å². The summed E-state index contributed by atoms with van der Waals surface area (Å²) in [4.78, 5) is 23.9. The molecule has 3 aromatic carbocycles. The predicted octanol–water partition coefficient (Wildman–Crippen LogP) is 5.13. The second-order valence-corrected chi connectivity index (χ2v) is 7.06. The molecule has 0 radical (unpaired) electrons. The van der Waals surface area contributed by atoms with E-state index in [0.717, 1.165) is 24.8 Å². The third kappa shape index (κ3) is 6.32. The minimum Gasteiger partial charge on any atom is -0.478 e. The number of carbonyl (C=O) groups excluding carboxylic acids is 1. The average Bonchev–Trinajstić information content (AvgIpc) is 2.74. The van der Waals surface area contributed by atoms with Crippen molar-refractivity contribution < 1.29 is 14.7 Å². The lowest BCUT2D eigenvalue weighted by molar-refractivity contribution is -0.116. The van der Waals surface area contributed by atoms with Gasteiger partial charge in [-0.3, -0.25) is 4.79 Å². The number of amides is 1. The quantitative estimate of drug-likeness (QED) is 0.535. The first-order valence-corrected chi connectivity index (χ1v) is 9.86. The number of hydrogen-bond acceptors (Lipinski definition) is 2. The maximum absolute atomic E-state index is 12.4. The summed E-state index contributed by atoms with van der Waals surface area (Å²) in [6, 6.07) is 25.3. The van der Waals surface area contributed by atoms with E-state index < -0.39 is 5.97 Å². The highest BCUT2D eigenvalue weighted by Crippen LogP contribution is 2.20. The van der Waals surface area contributed by atoms with Crippen LogP contribution >= 0.6 is 0 Å². The molecule has 0 aromatic heterocycles. The summed E-state index contributed by atoms with van der Waals surface area (Å²) in [5.74, 6) is -1.21. The molecule has 3 rings (SSSR count). The molecule has 2 N–H and O–H groups in total. The molecule has 0 aliphatic heterocycles. The third-order valence-corrected chi connectivity index (χ3v) is 4.85. The Labute approximate surface area is 171 Å². The molecule has 0 spiro atoms. The Hall–Kier alpha value is -3.40. The zero-order valence-electron chi connectivity index (χ0n) is 16.3. The molecule has 1 amide bonds. The van der Waals surface area contributed by atoms with Gasteiger partial charge in [0.25, 0.3) is 0 Å². The van der Waals surface area contributed by atoms with Crippen molar-refractivity contribution >= 4 is 17.6 Å². The Morgan fingerprint density at radius 2 is 1.31 bits per heavy atom. The molecule has 4 nitrogen and oxygen atoms in total. The second kappa shape index (κ2) is 10.2. The van der Waals surface area contributed by atoms with E-state index in [1.807, 2.05) is 54.6 Å². The summed E-state index contributed by atoms with van der Waals surface area (Å²) in [6.07, 6.45) is 3.52. The van der Waals surface area contributed by atoms with Crippen LogP contribution < -0.4 is 5.32 Å². The molecule has 0 atom stereocenters. The smallest absolute Gasteiger partial charge is 0.337 e. The van der Waals surface area contributed by atoms with Gasteiger partial charge in [-0.15, -0.1) is 0 Å².